The lowest BCUT2D eigenvalue weighted by atomic mass is 10.00. The monoisotopic (exact) mass is 277 g/mol. The Morgan fingerprint density at radius 1 is 1.45 bits per heavy atom. The molecule has 0 spiro atoms. The number of rotatable bonds is 4. The summed E-state index contributed by atoms with van der Waals surface area (Å²) in [7, 11) is 1.61. The van der Waals surface area contributed by atoms with Crippen molar-refractivity contribution >= 4 is 11.7 Å². The maximum Gasteiger partial charge on any atom is 0.319 e. The summed E-state index contributed by atoms with van der Waals surface area (Å²) in [6.07, 6.45) is 3.55. The topological polar surface area (TPSA) is 62.4 Å². The summed E-state index contributed by atoms with van der Waals surface area (Å²) in [6.45, 7) is 2.84. The fourth-order valence-corrected chi connectivity index (χ4v) is 2.49. The Labute approximate surface area is 120 Å². The van der Waals surface area contributed by atoms with Gasteiger partial charge in [0.15, 0.2) is 0 Å². The molecular weight excluding hydrogens is 254 g/mol. The highest BCUT2D eigenvalue weighted by Crippen LogP contribution is 2.16. The predicted octanol–water partition coefficient (Wildman–Crippen LogP) is 2.35. The van der Waals surface area contributed by atoms with Crippen LogP contribution < -0.4 is 20.7 Å². The summed E-state index contributed by atoms with van der Waals surface area (Å²) in [4.78, 5) is 11.8. The van der Waals surface area contributed by atoms with Gasteiger partial charge in [-0.05, 0) is 31.9 Å². The summed E-state index contributed by atoms with van der Waals surface area (Å²) < 4.78 is 5.12. The smallest absolute Gasteiger partial charge is 0.319 e. The Hall–Kier alpha value is -1.75. The molecule has 0 radical (unpaired) electrons. The summed E-state index contributed by atoms with van der Waals surface area (Å²) in [5.41, 5.74) is 0.729. The highest BCUT2D eigenvalue weighted by Gasteiger charge is 2.17. The maximum atomic E-state index is 11.8. The number of nitrogens with one attached hydrogen (secondary N) is 3. The van der Waals surface area contributed by atoms with Gasteiger partial charge in [0.2, 0.25) is 0 Å². The number of carbonyl (C=O) groups is 1. The average molecular weight is 277 g/mol. The molecule has 5 nitrogen and oxygen atoms in total. The zero-order valence-corrected chi connectivity index (χ0v) is 12.1. The van der Waals surface area contributed by atoms with Crippen molar-refractivity contribution in [1.29, 1.82) is 0 Å². The molecule has 2 amide bonds. The third-order valence-electron chi connectivity index (χ3n) is 3.55. The highest BCUT2D eigenvalue weighted by molar-refractivity contribution is 5.89. The first-order valence-corrected chi connectivity index (χ1v) is 7.12. The first-order chi connectivity index (χ1) is 9.67. The van der Waals surface area contributed by atoms with Crippen molar-refractivity contribution in [3.05, 3.63) is 24.3 Å². The normalized spacial score (nSPS) is 22.1. The molecular formula is C15H23N3O2. The van der Waals surface area contributed by atoms with Gasteiger partial charge in [-0.1, -0.05) is 12.5 Å². The largest absolute Gasteiger partial charge is 0.497 e. The third-order valence-corrected chi connectivity index (χ3v) is 3.55. The molecule has 0 aliphatic carbocycles. The molecule has 1 aliphatic rings. The number of amides is 2. The standard InChI is InChI=1S/C15H23N3O2/c1-11-5-3-7-13(17-11)10-16-15(19)18-12-6-4-8-14(9-12)20-2/h4,6,8-9,11,13,17H,3,5,7,10H2,1-2H3,(H2,16,18,19). The molecule has 2 atom stereocenters. The van der Waals surface area contributed by atoms with Crippen LogP contribution in [0.15, 0.2) is 24.3 Å². The molecule has 2 rings (SSSR count). The number of benzene rings is 1. The Morgan fingerprint density at radius 3 is 3.05 bits per heavy atom. The molecule has 2 unspecified atom stereocenters. The number of hydrogen-bond donors (Lipinski definition) is 3. The van der Waals surface area contributed by atoms with Crippen LogP contribution in [-0.2, 0) is 0 Å². The van der Waals surface area contributed by atoms with Crippen LogP contribution in [0.1, 0.15) is 26.2 Å². The summed E-state index contributed by atoms with van der Waals surface area (Å²) >= 11 is 0. The van der Waals surface area contributed by atoms with Crippen molar-refractivity contribution in [1.82, 2.24) is 10.6 Å². The Morgan fingerprint density at radius 2 is 2.30 bits per heavy atom. The van der Waals surface area contributed by atoms with E-state index in [1.807, 2.05) is 18.2 Å². The minimum Gasteiger partial charge on any atom is -0.497 e. The van der Waals surface area contributed by atoms with Crippen molar-refractivity contribution in [2.75, 3.05) is 19.0 Å². The van der Waals surface area contributed by atoms with Crippen molar-refractivity contribution in [3.8, 4) is 5.75 Å². The van der Waals surface area contributed by atoms with E-state index in [4.69, 9.17) is 4.74 Å². The third kappa shape index (κ3) is 4.42. The minimum atomic E-state index is -0.182. The van der Waals surface area contributed by atoms with Gasteiger partial charge in [-0.3, -0.25) is 0 Å². The Kier molecular flexibility index (Phi) is 5.24. The van der Waals surface area contributed by atoms with Crippen LogP contribution in [0.5, 0.6) is 5.75 Å². The number of anilines is 1. The second-order valence-electron chi connectivity index (χ2n) is 5.26. The Bertz CT molecular complexity index is 450. The van der Waals surface area contributed by atoms with Gasteiger partial charge in [0.25, 0.3) is 0 Å². The molecule has 110 valence electrons. The van der Waals surface area contributed by atoms with E-state index in [9.17, 15) is 4.79 Å². The number of hydrogen-bond acceptors (Lipinski definition) is 3. The van der Waals surface area contributed by atoms with Gasteiger partial charge in [0.1, 0.15) is 5.75 Å². The molecule has 5 heteroatoms. The molecule has 1 fully saturated rings. The van der Waals surface area contributed by atoms with Gasteiger partial charge in [-0.25, -0.2) is 4.79 Å². The van der Waals surface area contributed by atoms with Crippen LogP contribution in [0.2, 0.25) is 0 Å². The fourth-order valence-electron chi connectivity index (χ4n) is 2.49. The zero-order valence-electron chi connectivity index (χ0n) is 12.1. The lowest BCUT2D eigenvalue weighted by Gasteiger charge is -2.28. The van der Waals surface area contributed by atoms with Crippen LogP contribution in [0.4, 0.5) is 10.5 Å². The van der Waals surface area contributed by atoms with Gasteiger partial charge in [-0.2, -0.15) is 0 Å². The van der Waals surface area contributed by atoms with E-state index in [0.29, 0.717) is 18.6 Å². The van der Waals surface area contributed by atoms with Crippen LogP contribution in [0.3, 0.4) is 0 Å². The minimum absolute atomic E-state index is 0.182. The Balaban J connectivity index is 1.77. The SMILES string of the molecule is COc1cccc(NC(=O)NCC2CCCC(C)N2)c1. The average Bonchev–Trinajstić information content (AvgIpc) is 2.45. The van der Waals surface area contributed by atoms with E-state index in [1.165, 1.54) is 12.8 Å². The van der Waals surface area contributed by atoms with Crippen molar-refractivity contribution in [2.45, 2.75) is 38.3 Å². The second kappa shape index (κ2) is 7.14. The molecule has 20 heavy (non-hydrogen) atoms. The van der Waals surface area contributed by atoms with Crippen molar-refractivity contribution in [3.63, 3.8) is 0 Å². The number of urea groups is 1. The number of ether oxygens (including phenoxy) is 1. The van der Waals surface area contributed by atoms with Gasteiger partial charge in [0, 0.05) is 30.4 Å². The van der Waals surface area contributed by atoms with E-state index in [1.54, 1.807) is 13.2 Å². The lowest BCUT2D eigenvalue weighted by Crippen LogP contribution is -2.47. The van der Waals surface area contributed by atoms with Crippen LogP contribution in [0.25, 0.3) is 0 Å². The summed E-state index contributed by atoms with van der Waals surface area (Å²) in [5.74, 6) is 0.727. The van der Waals surface area contributed by atoms with Crippen molar-refractivity contribution < 1.29 is 9.53 Å². The van der Waals surface area contributed by atoms with E-state index in [0.717, 1.165) is 17.9 Å². The lowest BCUT2D eigenvalue weighted by molar-refractivity contribution is 0.248. The number of carbonyl (C=O) groups excluding carboxylic acids is 1. The second-order valence-corrected chi connectivity index (χ2v) is 5.26. The van der Waals surface area contributed by atoms with Crippen LogP contribution >= 0.6 is 0 Å². The van der Waals surface area contributed by atoms with E-state index < -0.39 is 0 Å². The molecule has 0 saturated carbocycles. The van der Waals surface area contributed by atoms with Crippen molar-refractivity contribution in [2.24, 2.45) is 0 Å². The number of piperidine rings is 1. The zero-order chi connectivity index (χ0) is 14.4. The molecule has 0 bridgehead atoms. The van der Waals surface area contributed by atoms with Crippen LogP contribution in [-0.4, -0.2) is 31.8 Å². The van der Waals surface area contributed by atoms with E-state index >= 15 is 0 Å². The molecule has 1 saturated heterocycles. The first kappa shape index (κ1) is 14.7. The summed E-state index contributed by atoms with van der Waals surface area (Å²) in [5, 5.41) is 9.21. The summed E-state index contributed by atoms with van der Waals surface area (Å²) in [6, 6.07) is 8.05. The predicted molar refractivity (Wildman–Crippen MR) is 80.3 cm³/mol. The van der Waals surface area contributed by atoms with Crippen LogP contribution in [0, 0.1) is 0 Å². The highest BCUT2D eigenvalue weighted by atomic mass is 16.5. The molecule has 1 heterocycles. The van der Waals surface area contributed by atoms with Gasteiger partial charge in [-0.15, -0.1) is 0 Å². The molecule has 1 aliphatic heterocycles. The molecule has 1 aromatic rings. The van der Waals surface area contributed by atoms with Gasteiger partial charge >= 0.3 is 6.03 Å². The molecule has 3 N–H and O–H groups in total. The first-order valence-electron chi connectivity index (χ1n) is 7.12. The maximum absolute atomic E-state index is 11.8. The van der Waals surface area contributed by atoms with Gasteiger partial charge in [0.05, 0.1) is 7.11 Å². The molecule has 1 aromatic carbocycles. The molecule has 0 aromatic heterocycles. The van der Waals surface area contributed by atoms with Gasteiger partial charge < -0.3 is 20.7 Å². The fraction of sp³-hybridized carbons (Fsp3) is 0.533. The number of methoxy groups -OCH3 is 1. The van der Waals surface area contributed by atoms with E-state index in [-0.39, 0.29) is 6.03 Å². The van der Waals surface area contributed by atoms with E-state index in [2.05, 4.69) is 22.9 Å². The quantitative estimate of drug-likeness (QED) is 0.791.